The highest BCUT2D eigenvalue weighted by molar-refractivity contribution is 7.30. The first-order valence-corrected chi connectivity index (χ1v) is 1.46. The highest BCUT2D eigenvalue weighted by atomic mass is 31.1. The van der Waals surface area contributed by atoms with Gasteiger partial charge in [-0.2, -0.15) is 4.20 Å². The number of rotatable bonds is 0. The lowest BCUT2D eigenvalue weighted by molar-refractivity contribution is 0.937. The Kier molecular flexibility index (Phi) is 26.4. The number of hydrogen-bond acceptors (Lipinski definition) is 0. The first-order chi connectivity index (χ1) is 1.41. The lowest BCUT2D eigenvalue weighted by Gasteiger charge is -1.25. The van der Waals surface area contributed by atoms with Crippen LogP contribution in [0.2, 0.25) is 0 Å². The van der Waals surface area contributed by atoms with Crippen LogP contribution in [-0.2, 0) is 0 Å². The summed E-state index contributed by atoms with van der Waals surface area (Å²) in [6.07, 6.45) is 2.79. The second-order valence-electron chi connectivity index (χ2n) is 0.120. The summed E-state index contributed by atoms with van der Waals surface area (Å²) in [6.45, 7) is 0. The highest BCUT2D eigenvalue weighted by Crippen LogP contribution is 1.82. The molecule has 4 heavy (non-hydrogen) atoms. The molecule has 0 aliphatic heterocycles. The van der Waals surface area contributed by atoms with Crippen LogP contribution in [0, 0.1) is 0 Å². The van der Waals surface area contributed by atoms with Gasteiger partial charge in [0.05, 0.1) is 0 Å². The van der Waals surface area contributed by atoms with E-state index >= 15 is 0 Å². The number of hydrogen-bond donors (Lipinski definition) is 0. The summed E-state index contributed by atoms with van der Waals surface area (Å²) in [6, 6.07) is 0. The van der Waals surface area contributed by atoms with Gasteiger partial charge in [-0.05, 0) is 6.30 Å². The molecule has 0 nitrogen and oxygen atoms in total. The maximum Gasteiger partial charge on any atom is 0.104 e. The molecule has 0 aromatic heterocycles. The fourth-order valence-electron chi connectivity index (χ4n) is 0. The molecule has 0 N–H and O–H groups in total. The molecular formula is CH3F2P. The van der Waals surface area contributed by atoms with Gasteiger partial charge >= 0.3 is 0 Å². The Morgan fingerprint density at radius 2 is 1.75 bits per heavy atom. The first-order valence-electron chi connectivity index (χ1n) is 0.485. The third kappa shape index (κ3) is 2390. The van der Waals surface area contributed by atoms with Crippen molar-refractivity contribution in [3.8, 4) is 0 Å². The van der Waals surface area contributed by atoms with Gasteiger partial charge in [0, 0.05) is 0 Å². The van der Waals surface area contributed by atoms with E-state index in [1.807, 2.05) is 0 Å². The molecule has 0 heterocycles. The summed E-state index contributed by atoms with van der Waals surface area (Å²) < 4.78 is 10.2. The molecule has 0 rings (SSSR count). The van der Waals surface area contributed by atoms with Gasteiger partial charge in [-0.15, -0.1) is 0 Å². The van der Waals surface area contributed by atoms with Crippen molar-refractivity contribution in [1.82, 2.24) is 0 Å². The molecule has 0 amide bonds. The van der Waals surface area contributed by atoms with E-state index in [-0.39, 0.29) is 13.2 Å². The van der Waals surface area contributed by atoms with Crippen LogP contribution in [0.5, 0.6) is 0 Å². The fourth-order valence-corrected chi connectivity index (χ4v) is 0. The van der Waals surface area contributed by atoms with Crippen LogP contribution >= 0.6 is 8.51 Å². The van der Waals surface area contributed by atoms with E-state index in [9.17, 15) is 4.20 Å². The summed E-state index contributed by atoms with van der Waals surface area (Å²) in [5, 5.41) is 0. The Labute approximate surface area is 24.9 Å². The standard InChI is InChI=1S/CH2FP.FH/c1-3-2;/h1H2;1H. The largest absolute Gasteiger partial charge is 0.269 e. The quantitative estimate of drug-likeness (QED) is 0.389. The fraction of sp³-hybridized carbons (Fsp3) is 0. The minimum Gasteiger partial charge on any atom is -0.269 e. The van der Waals surface area contributed by atoms with Crippen LogP contribution in [0.25, 0.3) is 0 Å². The minimum atomic E-state index is -0.333. The summed E-state index contributed by atoms with van der Waals surface area (Å²) >= 11 is 0. The summed E-state index contributed by atoms with van der Waals surface area (Å²) in [4.78, 5) is 0. The van der Waals surface area contributed by atoms with E-state index in [4.69, 9.17) is 0 Å². The van der Waals surface area contributed by atoms with E-state index in [1.54, 1.807) is 0 Å². The van der Waals surface area contributed by atoms with Crippen molar-refractivity contribution in [2.75, 3.05) is 0 Å². The maximum atomic E-state index is 10.2. The Hall–Kier alpha value is 0.0300. The topological polar surface area (TPSA) is 0 Å². The third-order valence-electron chi connectivity index (χ3n) is 0. The molecule has 0 saturated carbocycles. The molecule has 0 bridgehead atoms. The van der Waals surface area contributed by atoms with Gasteiger partial charge in [0.15, 0.2) is 0 Å². The van der Waals surface area contributed by atoms with Crippen LogP contribution in [0.15, 0.2) is 0 Å². The monoisotopic (exact) mass is 84.0 g/mol. The van der Waals surface area contributed by atoms with E-state index < -0.39 is 0 Å². The second-order valence-corrected chi connectivity index (χ2v) is 0.359. The van der Waals surface area contributed by atoms with Gasteiger partial charge in [-0.3, -0.25) is 4.70 Å². The summed E-state index contributed by atoms with van der Waals surface area (Å²) in [5.74, 6) is 0. The van der Waals surface area contributed by atoms with Gasteiger partial charge in [-0.1, -0.05) is 0 Å². The molecule has 0 spiro atoms. The molecular weight excluding hydrogens is 81.0 g/mol. The molecule has 3 heteroatoms. The van der Waals surface area contributed by atoms with Crippen LogP contribution in [0.3, 0.4) is 0 Å². The molecule has 0 unspecified atom stereocenters. The minimum absolute atomic E-state index is 0. The van der Waals surface area contributed by atoms with Crippen LogP contribution in [0.1, 0.15) is 0 Å². The molecule has 26 valence electrons. The van der Waals surface area contributed by atoms with Gasteiger partial charge in [0.25, 0.3) is 0 Å². The molecule has 0 aliphatic carbocycles. The lowest BCUT2D eigenvalue weighted by atomic mass is 12.0. The Balaban J connectivity index is 0. The molecule has 0 saturated heterocycles. The zero-order valence-electron chi connectivity index (χ0n) is 1.94. The molecule has 0 fully saturated rings. The third-order valence-corrected chi connectivity index (χ3v) is 0. The van der Waals surface area contributed by atoms with Crippen molar-refractivity contribution in [2.24, 2.45) is 0 Å². The Morgan fingerprint density at radius 1 is 1.75 bits per heavy atom. The van der Waals surface area contributed by atoms with E-state index in [2.05, 4.69) is 6.30 Å². The van der Waals surface area contributed by atoms with E-state index in [0.717, 1.165) is 0 Å². The molecule has 0 aliphatic rings. The van der Waals surface area contributed by atoms with Crippen LogP contribution < -0.4 is 0 Å². The van der Waals surface area contributed by atoms with Gasteiger partial charge in [-0.25, -0.2) is 0 Å². The molecule has 0 radical (unpaired) electrons. The first kappa shape index (κ1) is 8.98. The second kappa shape index (κ2) is 11.8. The van der Waals surface area contributed by atoms with Crippen molar-refractivity contribution < 1.29 is 8.90 Å². The van der Waals surface area contributed by atoms with Crippen molar-refractivity contribution >= 4 is 14.8 Å². The SMILES string of the molecule is C=PF.F. The zero-order chi connectivity index (χ0) is 2.71. The van der Waals surface area contributed by atoms with Crippen molar-refractivity contribution in [1.29, 1.82) is 0 Å². The maximum absolute atomic E-state index is 10.2. The van der Waals surface area contributed by atoms with Crippen molar-refractivity contribution in [3.05, 3.63) is 0 Å². The van der Waals surface area contributed by atoms with E-state index in [0.29, 0.717) is 0 Å². The van der Waals surface area contributed by atoms with Gasteiger partial charge in [0.2, 0.25) is 0 Å². The number of halogens is 2. The van der Waals surface area contributed by atoms with E-state index in [1.165, 1.54) is 0 Å². The summed E-state index contributed by atoms with van der Waals surface area (Å²) in [7, 11) is -0.333. The predicted octanol–water partition coefficient (Wildman–Crippen LogP) is 1.40. The Bertz CT molecular complexity index is 13.5. The van der Waals surface area contributed by atoms with Crippen LogP contribution in [-0.4, -0.2) is 6.30 Å². The summed E-state index contributed by atoms with van der Waals surface area (Å²) in [5.41, 5.74) is 0. The highest BCUT2D eigenvalue weighted by Gasteiger charge is 1.22. The molecule has 0 atom stereocenters. The molecule has 0 aromatic rings. The van der Waals surface area contributed by atoms with Gasteiger partial charge in [0.1, 0.15) is 8.51 Å². The Morgan fingerprint density at radius 3 is 1.75 bits per heavy atom. The van der Waals surface area contributed by atoms with Crippen molar-refractivity contribution in [2.45, 2.75) is 0 Å². The molecule has 0 aromatic carbocycles. The average molecular weight is 84.0 g/mol. The van der Waals surface area contributed by atoms with Gasteiger partial charge < -0.3 is 0 Å². The lowest BCUT2D eigenvalue weighted by Crippen LogP contribution is -0.834. The normalized spacial score (nSPS) is 5.25. The van der Waals surface area contributed by atoms with Crippen LogP contribution in [0.4, 0.5) is 8.90 Å². The predicted molar refractivity (Wildman–Crippen MR) is 17.7 cm³/mol. The smallest absolute Gasteiger partial charge is 0.104 e. The average Bonchev–Trinajstić information content (AvgIpc) is 0.918. The van der Waals surface area contributed by atoms with Crippen molar-refractivity contribution in [3.63, 3.8) is 0 Å². The zero-order valence-corrected chi connectivity index (χ0v) is 2.83.